The highest BCUT2D eigenvalue weighted by molar-refractivity contribution is 9.11. The van der Waals surface area contributed by atoms with E-state index in [0.717, 1.165) is 21.3 Å². The van der Waals surface area contributed by atoms with Crippen LogP contribution in [0.4, 0.5) is 0 Å². The minimum atomic E-state index is -0.470. The molecule has 3 nitrogen and oxygen atoms in total. The van der Waals surface area contributed by atoms with E-state index in [1.165, 1.54) is 5.56 Å². The van der Waals surface area contributed by atoms with Crippen molar-refractivity contribution in [2.24, 2.45) is 0 Å². The molecule has 0 N–H and O–H groups in total. The molecule has 1 unspecified atom stereocenters. The fourth-order valence-electron chi connectivity index (χ4n) is 2.58. The van der Waals surface area contributed by atoms with E-state index in [0.29, 0.717) is 13.2 Å². The molecule has 0 saturated carbocycles. The molecular weight excluding hydrogens is 350 g/mol. The van der Waals surface area contributed by atoms with Crippen LogP contribution >= 0.6 is 27.3 Å². The molecule has 21 heavy (non-hydrogen) atoms. The normalized spacial score (nSPS) is 17.3. The van der Waals surface area contributed by atoms with E-state index in [2.05, 4.69) is 27.4 Å². The van der Waals surface area contributed by atoms with Gasteiger partial charge in [-0.15, -0.1) is 11.3 Å². The van der Waals surface area contributed by atoms with Gasteiger partial charge >= 0.3 is 0 Å². The van der Waals surface area contributed by atoms with Crippen LogP contribution < -0.4 is 0 Å². The molecule has 0 bridgehead atoms. The predicted octanol–water partition coefficient (Wildman–Crippen LogP) is 3.78. The molecule has 0 spiro atoms. The highest BCUT2D eigenvalue weighted by Gasteiger charge is 2.29. The van der Waals surface area contributed by atoms with Crippen LogP contribution in [0.1, 0.15) is 22.8 Å². The van der Waals surface area contributed by atoms with Crippen molar-refractivity contribution < 1.29 is 9.53 Å². The number of ether oxygens (including phenoxy) is 1. The SMILES string of the molecule is CN(Cc1csc(Br)c1)C(=O)C1OCCc2ccccc21. The van der Waals surface area contributed by atoms with Gasteiger partial charge in [-0.05, 0) is 50.5 Å². The lowest BCUT2D eigenvalue weighted by molar-refractivity contribution is -0.144. The minimum Gasteiger partial charge on any atom is -0.363 e. The lowest BCUT2D eigenvalue weighted by atomic mass is 9.97. The highest BCUT2D eigenvalue weighted by atomic mass is 79.9. The first-order chi connectivity index (χ1) is 10.1. The van der Waals surface area contributed by atoms with Crippen LogP contribution in [0.3, 0.4) is 0 Å². The third-order valence-corrected chi connectivity index (χ3v) is 5.19. The van der Waals surface area contributed by atoms with Crippen LogP contribution in [0.2, 0.25) is 0 Å². The van der Waals surface area contributed by atoms with Crippen molar-refractivity contribution in [3.63, 3.8) is 0 Å². The number of likely N-dealkylation sites (N-methyl/N-ethyl adjacent to an activating group) is 1. The third-order valence-electron chi connectivity index (χ3n) is 3.64. The lowest BCUT2D eigenvalue weighted by Crippen LogP contribution is -2.35. The Bertz CT molecular complexity index is 655. The molecule has 2 aromatic rings. The molecule has 1 amide bonds. The summed E-state index contributed by atoms with van der Waals surface area (Å²) in [5, 5.41) is 2.06. The van der Waals surface area contributed by atoms with E-state index in [4.69, 9.17) is 4.74 Å². The number of fused-ring (bicyclic) bond motifs is 1. The Morgan fingerprint density at radius 3 is 3.05 bits per heavy atom. The molecule has 0 radical (unpaired) electrons. The molecular formula is C16H16BrNO2S. The Labute approximate surface area is 136 Å². The summed E-state index contributed by atoms with van der Waals surface area (Å²) >= 11 is 5.08. The number of halogens is 1. The maximum absolute atomic E-state index is 12.7. The molecule has 1 aromatic heterocycles. The number of hydrogen-bond acceptors (Lipinski definition) is 3. The zero-order valence-corrected chi connectivity index (χ0v) is 14.1. The molecule has 3 rings (SSSR count). The number of thiophene rings is 1. The van der Waals surface area contributed by atoms with Crippen LogP contribution in [0, 0.1) is 0 Å². The molecule has 5 heteroatoms. The maximum atomic E-state index is 12.7. The summed E-state index contributed by atoms with van der Waals surface area (Å²) in [5.41, 5.74) is 3.35. The topological polar surface area (TPSA) is 29.5 Å². The number of nitrogens with zero attached hydrogens (tertiary/aromatic N) is 1. The van der Waals surface area contributed by atoms with Crippen molar-refractivity contribution in [3.8, 4) is 0 Å². The van der Waals surface area contributed by atoms with Gasteiger partial charge in [-0.2, -0.15) is 0 Å². The molecule has 2 heterocycles. The first-order valence-electron chi connectivity index (χ1n) is 6.82. The number of carbonyl (C=O) groups is 1. The largest absolute Gasteiger partial charge is 0.363 e. The molecule has 1 aliphatic heterocycles. The quantitative estimate of drug-likeness (QED) is 0.828. The van der Waals surface area contributed by atoms with Gasteiger partial charge in [-0.3, -0.25) is 4.79 Å². The smallest absolute Gasteiger partial charge is 0.256 e. The summed E-state index contributed by atoms with van der Waals surface area (Å²) in [6.45, 7) is 1.20. The second-order valence-electron chi connectivity index (χ2n) is 5.15. The summed E-state index contributed by atoms with van der Waals surface area (Å²) in [7, 11) is 1.83. The second kappa shape index (κ2) is 6.30. The molecule has 0 aliphatic carbocycles. The van der Waals surface area contributed by atoms with Crippen LogP contribution in [0.15, 0.2) is 39.5 Å². The van der Waals surface area contributed by atoms with Crippen molar-refractivity contribution in [3.05, 3.63) is 56.2 Å². The lowest BCUT2D eigenvalue weighted by Gasteiger charge is -2.28. The van der Waals surface area contributed by atoms with Crippen molar-refractivity contribution in [1.29, 1.82) is 0 Å². The predicted molar refractivity (Wildman–Crippen MR) is 87.3 cm³/mol. The zero-order chi connectivity index (χ0) is 14.8. The summed E-state index contributed by atoms with van der Waals surface area (Å²) in [6.07, 6.45) is 0.406. The Kier molecular flexibility index (Phi) is 4.42. The average Bonchev–Trinajstić information content (AvgIpc) is 2.91. The van der Waals surface area contributed by atoms with Crippen molar-refractivity contribution in [2.45, 2.75) is 19.1 Å². The highest BCUT2D eigenvalue weighted by Crippen LogP contribution is 2.29. The number of amides is 1. The zero-order valence-electron chi connectivity index (χ0n) is 11.7. The van der Waals surface area contributed by atoms with E-state index < -0.39 is 6.10 Å². The minimum absolute atomic E-state index is 0.0180. The van der Waals surface area contributed by atoms with Crippen LogP contribution in [-0.4, -0.2) is 24.5 Å². The number of hydrogen-bond donors (Lipinski definition) is 0. The Balaban J connectivity index is 1.76. The van der Waals surface area contributed by atoms with Crippen LogP contribution in [0.5, 0.6) is 0 Å². The van der Waals surface area contributed by atoms with Gasteiger partial charge in [0.1, 0.15) is 0 Å². The van der Waals surface area contributed by atoms with Gasteiger partial charge in [0.05, 0.1) is 10.4 Å². The van der Waals surface area contributed by atoms with Gasteiger partial charge in [-0.25, -0.2) is 0 Å². The van der Waals surface area contributed by atoms with Crippen molar-refractivity contribution in [1.82, 2.24) is 4.90 Å². The monoisotopic (exact) mass is 365 g/mol. The first kappa shape index (κ1) is 14.8. The molecule has 0 fully saturated rings. The van der Waals surface area contributed by atoms with Gasteiger partial charge in [0.25, 0.3) is 5.91 Å². The van der Waals surface area contributed by atoms with E-state index in [1.54, 1.807) is 16.2 Å². The van der Waals surface area contributed by atoms with Gasteiger partial charge < -0.3 is 9.64 Å². The number of carbonyl (C=O) groups excluding carboxylic acids is 1. The van der Waals surface area contributed by atoms with E-state index in [9.17, 15) is 4.79 Å². The fraction of sp³-hybridized carbons (Fsp3) is 0.312. The maximum Gasteiger partial charge on any atom is 0.256 e. The number of rotatable bonds is 3. The Morgan fingerprint density at radius 2 is 2.29 bits per heavy atom. The van der Waals surface area contributed by atoms with Crippen LogP contribution in [-0.2, 0) is 22.5 Å². The molecule has 1 aromatic carbocycles. The van der Waals surface area contributed by atoms with Gasteiger partial charge in [0, 0.05) is 13.6 Å². The number of benzene rings is 1. The summed E-state index contributed by atoms with van der Waals surface area (Å²) in [5.74, 6) is 0.0180. The molecule has 0 saturated heterocycles. The summed E-state index contributed by atoms with van der Waals surface area (Å²) in [6, 6.07) is 10.1. The van der Waals surface area contributed by atoms with E-state index in [-0.39, 0.29) is 5.91 Å². The summed E-state index contributed by atoms with van der Waals surface area (Å²) < 4.78 is 6.81. The van der Waals surface area contributed by atoms with Crippen LogP contribution in [0.25, 0.3) is 0 Å². The van der Waals surface area contributed by atoms with Gasteiger partial charge in [0.15, 0.2) is 6.10 Å². The molecule has 1 atom stereocenters. The Hall–Kier alpha value is -1.17. The molecule has 1 aliphatic rings. The summed E-state index contributed by atoms with van der Waals surface area (Å²) in [4.78, 5) is 14.4. The van der Waals surface area contributed by atoms with Crippen molar-refractivity contribution >= 4 is 33.2 Å². The van der Waals surface area contributed by atoms with Gasteiger partial charge in [-0.1, -0.05) is 24.3 Å². The third kappa shape index (κ3) is 3.20. The first-order valence-corrected chi connectivity index (χ1v) is 8.49. The van der Waals surface area contributed by atoms with E-state index in [1.807, 2.05) is 31.3 Å². The Morgan fingerprint density at radius 1 is 1.48 bits per heavy atom. The van der Waals surface area contributed by atoms with Gasteiger partial charge in [0.2, 0.25) is 0 Å². The standard InChI is InChI=1S/C16H16BrNO2S/c1-18(9-11-8-14(17)21-10-11)16(19)15-13-5-3-2-4-12(13)6-7-20-15/h2-5,8,10,15H,6-7,9H2,1H3. The van der Waals surface area contributed by atoms with Crippen molar-refractivity contribution in [2.75, 3.05) is 13.7 Å². The molecule has 110 valence electrons. The second-order valence-corrected chi connectivity index (χ2v) is 7.44. The van der Waals surface area contributed by atoms with E-state index >= 15 is 0 Å². The average molecular weight is 366 g/mol. The fourth-order valence-corrected chi connectivity index (χ4v) is 3.78.